The third kappa shape index (κ3) is 2.39. The minimum absolute atomic E-state index is 0.276. The third-order valence-corrected chi connectivity index (χ3v) is 5.01. The van der Waals surface area contributed by atoms with E-state index in [-0.39, 0.29) is 11.9 Å². The standard InChI is InChI=1S/C20H21N3O/c1-22-12-15(16-7-4-5-9-18(16)22)13-23-11-10-14-6-2-3-8-17(14)19(23)20(21)24/h2-9,12,19H,10-11,13H2,1H3,(H2,21,24). The van der Waals surface area contributed by atoms with Gasteiger partial charge >= 0.3 is 0 Å². The summed E-state index contributed by atoms with van der Waals surface area (Å²) in [6.07, 6.45) is 3.11. The summed E-state index contributed by atoms with van der Waals surface area (Å²) >= 11 is 0. The molecule has 2 aromatic carbocycles. The summed E-state index contributed by atoms with van der Waals surface area (Å²) in [4.78, 5) is 14.4. The molecule has 1 amide bonds. The molecule has 0 bridgehead atoms. The predicted molar refractivity (Wildman–Crippen MR) is 95.4 cm³/mol. The van der Waals surface area contributed by atoms with E-state index < -0.39 is 0 Å². The van der Waals surface area contributed by atoms with Gasteiger partial charge in [-0.2, -0.15) is 0 Å². The second kappa shape index (κ2) is 5.80. The van der Waals surface area contributed by atoms with Gasteiger partial charge in [0.15, 0.2) is 0 Å². The second-order valence-corrected chi connectivity index (χ2v) is 6.51. The van der Waals surface area contributed by atoms with Gasteiger partial charge in [0.1, 0.15) is 6.04 Å². The largest absolute Gasteiger partial charge is 0.368 e. The highest BCUT2D eigenvalue weighted by molar-refractivity contribution is 5.84. The number of carbonyl (C=O) groups excluding carboxylic acids is 1. The molecule has 1 unspecified atom stereocenters. The number of primary amides is 1. The van der Waals surface area contributed by atoms with Gasteiger partial charge in [0.2, 0.25) is 5.91 Å². The maximum Gasteiger partial charge on any atom is 0.239 e. The Balaban J connectivity index is 1.72. The highest BCUT2D eigenvalue weighted by Gasteiger charge is 2.31. The van der Waals surface area contributed by atoms with E-state index in [0.717, 1.165) is 25.1 Å². The van der Waals surface area contributed by atoms with Crippen molar-refractivity contribution in [2.75, 3.05) is 6.54 Å². The molecule has 0 spiro atoms. The normalized spacial score (nSPS) is 17.8. The lowest BCUT2D eigenvalue weighted by Gasteiger charge is -2.35. The van der Waals surface area contributed by atoms with Gasteiger partial charge in [0.25, 0.3) is 0 Å². The number of rotatable bonds is 3. The number of aromatic nitrogens is 1. The molecule has 3 aromatic rings. The maximum absolute atomic E-state index is 12.2. The van der Waals surface area contributed by atoms with Gasteiger partial charge < -0.3 is 10.3 Å². The van der Waals surface area contributed by atoms with Crippen molar-refractivity contribution in [1.29, 1.82) is 0 Å². The highest BCUT2D eigenvalue weighted by Crippen LogP contribution is 2.32. The first-order valence-corrected chi connectivity index (χ1v) is 8.29. The second-order valence-electron chi connectivity index (χ2n) is 6.51. The van der Waals surface area contributed by atoms with E-state index in [0.29, 0.717) is 0 Å². The molecule has 1 aromatic heterocycles. The van der Waals surface area contributed by atoms with Crippen LogP contribution < -0.4 is 5.73 Å². The quantitative estimate of drug-likeness (QED) is 0.807. The molecule has 1 aliphatic rings. The molecule has 24 heavy (non-hydrogen) atoms. The van der Waals surface area contributed by atoms with Crippen molar-refractivity contribution < 1.29 is 4.79 Å². The first-order chi connectivity index (χ1) is 11.6. The van der Waals surface area contributed by atoms with Gasteiger partial charge in [-0.1, -0.05) is 42.5 Å². The molecule has 122 valence electrons. The molecule has 0 aliphatic carbocycles. The minimum Gasteiger partial charge on any atom is -0.368 e. The molecule has 2 N–H and O–H groups in total. The summed E-state index contributed by atoms with van der Waals surface area (Å²) in [6.45, 7) is 1.57. The Morgan fingerprint density at radius 1 is 1.17 bits per heavy atom. The smallest absolute Gasteiger partial charge is 0.239 e. The Morgan fingerprint density at radius 2 is 1.92 bits per heavy atom. The molecular formula is C20H21N3O. The number of benzene rings is 2. The fourth-order valence-corrected chi connectivity index (χ4v) is 3.89. The van der Waals surface area contributed by atoms with Crippen LogP contribution >= 0.6 is 0 Å². The van der Waals surface area contributed by atoms with Crippen LogP contribution in [0.3, 0.4) is 0 Å². The average molecular weight is 319 g/mol. The number of para-hydroxylation sites is 1. The molecule has 1 atom stereocenters. The molecule has 1 aliphatic heterocycles. The number of hydrogen-bond acceptors (Lipinski definition) is 2. The van der Waals surface area contributed by atoms with Crippen LogP contribution in [-0.2, 0) is 24.8 Å². The van der Waals surface area contributed by atoms with Crippen LogP contribution in [0.4, 0.5) is 0 Å². The molecule has 2 heterocycles. The van der Waals surface area contributed by atoms with Crippen LogP contribution in [0.25, 0.3) is 10.9 Å². The van der Waals surface area contributed by atoms with E-state index in [1.165, 1.54) is 22.0 Å². The molecule has 4 heteroatoms. The van der Waals surface area contributed by atoms with Crippen molar-refractivity contribution in [2.24, 2.45) is 12.8 Å². The Bertz CT molecular complexity index is 912. The molecule has 0 radical (unpaired) electrons. The number of fused-ring (bicyclic) bond motifs is 2. The van der Waals surface area contributed by atoms with Gasteiger partial charge in [0, 0.05) is 37.2 Å². The predicted octanol–water partition coefficient (Wildman–Crippen LogP) is 2.76. The van der Waals surface area contributed by atoms with Crippen molar-refractivity contribution in [2.45, 2.75) is 19.0 Å². The van der Waals surface area contributed by atoms with Crippen LogP contribution in [-0.4, -0.2) is 21.9 Å². The van der Waals surface area contributed by atoms with Gasteiger partial charge in [-0.3, -0.25) is 9.69 Å². The fraction of sp³-hybridized carbons (Fsp3) is 0.250. The number of nitrogens with zero attached hydrogens (tertiary/aromatic N) is 2. The first-order valence-electron chi connectivity index (χ1n) is 8.29. The summed E-state index contributed by atoms with van der Waals surface area (Å²) in [7, 11) is 2.06. The van der Waals surface area contributed by atoms with Gasteiger partial charge in [-0.15, -0.1) is 0 Å². The molecule has 0 saturated carbocycles. The van der Waals surface area contributed by atoms with E-state index in [2.05, 4.69) is 53.0 Å². The van der Waals surface area contributed by atoms with Crippen molar-refractivity contribution in [3.63, 3.8) is 0 Å². The van der Waals surface area contributed by atoms with Crippen LogP contribution in [0.15, 0.2) is 54.7 Å². The summed E-state index contributed by atoms with van der Waals surface area (Å²) < 4.78 is 2.14. The lowest BCUT2D eigenvalue weighted by atomic mass is 9.92. The van der Waals surface area contributed by atoms with E-state index in [1.807, 2.05) is 18.2 Å². The summed E-state index contributed by atoms with van der Waals surface area (Å²) in [5.41, 5.74) is 10.5. The SMILES string of the molecule is Cn1cc(CN2CCc3ccccc3C2C(N)=O)c2ccccc21. The minimum atomic E-state index is -0.353. The Morgan fingerprint density at radius 3 is 2.75 bits per heavy atom. The van der Waals surface area contributed by atoms with E-state index >= 15 is 0 Å². The number of aryl methyl sites for hydroxylation is 1. The fourth-order valence-electron chi connectivity index (χ4n) is 3.89. The Hall–Kier alpha value is -2.59. The monoisotopic (exact) mass is 319 g/mol. The van der Waals surface area contributed by atoms with Crippen molar-refractivity contribution >= 4 is 16.8 Å². The number of nitrogens with two attached hydrogens (primary N) is 1. The van der Waals surface area contributed by atoms with Crippen molar-refractivity contribution in [3.05, 3.63) is 71.4 Å². The van der Waals surface area contributed by atoms with Crippen molar-refractivity contribution in [1.82, 2.24) is 9.47 Å². The van der Waals surface area contributed by atoms with Gasteiger partial charge in [-0.05, 0) is 29.2 Å². The van der Waals surface area contributed by atoms with Crippen LogP contribution in [0.5, 0.6) is 0 Å². The zero-order valence-corrected chi connectivity index (χ0v) is 13.8. The molecule has 0 fully saturated rings. The van der Waals surface area contributed by atoms with Crippen LogP contribution in [0, 0.1) is 0 Å². The van der Waals surface area contributed by atoms with E-state index in [4.69, 9.17) is 5.73 Å². The molecule has 0 saturated heterocycles. The van der Waals surface area contributed by atoms with E-state index in [1.54, 1.807) is 0 Å². The number of amides is 1. The zero-order chi connectivity index (χ0) is 16.7. The van der Waals surface area contributed by atoms with Crippen LogP contribution in [0.1, 0.15) is 22.7 Å². The van der Waals surface area contributed by atoms with Crippen LogP contribution in [0.2, 0.25) is 0 Å². The van der Waals surface area contributed by atoms with Crippen molar-refractivity contribution in [3.8, 4) is 0 Å². The third-order valence-electron chi connectivity index (χ3n) is 5.01. The Labute approximate surface area is 141 Å². The van der Waals surface area contributed by atoms with Gasteiger partial charge in [0.05, 0.1) is 0 Å². The summed E-state index contributed by atoms with van der Waals surface area (Å²) in [5.74, 6) is -0.276. The summed E-state index contributed by atoms with van der Waals surface area (Å²) in [5, 5.41) is 1.24. The molecule has 4 nitrogen and oxygen atoms in total. The molecular weight excluding hydrogens is 298 g/mol. The maximum atomic E-state index is 12.2. The number of hydrogen-bond donors (Lipinski definition) is 1. The first kappa shape index (κ1) is 15.0. The highest BCUT2D eigenvalue weighted by atomic mass is 16.1. The Kier molecular flexibility index (Phi) is 3.62. The van der Waals surface area contributed by atoms with Gasteiger partial charge in [-0.25, -0.2) is 0 Å². The number of carbonyl (C=O) groups is 1. The lowest BCUT2D eigenvalue weighted by Crippen LogP contribution is -2.42. The lowest BCUT2D eigenvalue weighted by molar-refractivity contribution is -0.124. The topological polar surface area (TPSA) is 51.3 Å². The van der Waals surface area contributed by atoms with E-state index in [9.17, 15) is 4.79 Å². The molecule has 4 rings (SSSR count). The summed E-state index contributed by atoms with van der Waals surface area (Å²) in [6, 6.07) is 16.2. The zero-order valence-electron chi connectivity index (χ0n) is 13.8. The average Bonchev–Trinajstić information content (AvgIpc) is 2.91.